The van der Waals surface area contributed by atoms with Crippen LogP contribution in [-0.2, 0) is 0 Å². The summed E-state index contributed by atoms with van der Waals surface area (Å²) >= 11 is 5.92. The van der Waals surface area contributed by atoms with Crippen molar-refractivity contribution in [2.45, 2.75) is 6.92 Å². The molecular formula is C16H10ClFO2. The van der Waals surface area contributed by atoms with E-state index in [1.165, 1.54) is 12.1 Å². The number of hydrogen-bond acceptors (Lipinski definition) is 2. The first-order valence-corrected chi connectivity index (χ1v) is 6.43. The lowest BCUT2D eigenvalue weighted by atomic mass is 10.0. The normalized spacial score (nSPS) is 10.9. The molecule has 3 rings (SSSR count). The van der Waals surface area contributed by atoms with Crippen molar-refractivity contribution in [2.75, 3.05) is 0 Å². The van der Waals surface area contributed by atoms with Gasteiger partial charge in [-0.25, -0.2) is 4.39 Å². The summed E-state index contributed by atoms with van der Waals surface area (Å²) in [5, 5.41) is 0.962. The highest BCUT2D eigenvalue weighted by atomic mass is 35.5. The zero-order valence-electron chi connectivity index (χ0n) is 10.6. The van der Waals surface area contributed by atoms with Crippen molar-refractivity contribution >= 4 is 28.4 Å². The number of para-hydroxylation sites is 1. The van der Waals surface area contributed by atoms with E-state index in [0.29, 0.717) is 5.58 Å². The van der Waals surface area contributed by atoms with Gasteiger partial charge >= 0.3 is 0 Å². The van der Waals surface area contributed by atoms with E-state index >= 15 is 0 Å². The maximum absolute atomic E-state index is 13.0. The molecule has 0 radical (unpaired) electrons. The summed E-state index contributed by atoms with van der Waals surface area (Å²) in [6.07, 6.45) is 0. The highest BCUT2D eigenvalue weighted by molar-refractivity contribution is 6.35. The van der Waals surface area contributed by atoms with Crippen molar-refractivity contribution in [2.24, 2.45) is 0 Å². The molecule has 0 N–H and O–H groups in total. The fourth-order valence-electron chi connectivity index (χ4n) is 2.19. The van der Waals surface area contributed by atoms with Gasteiger partial charge in [-0.1, -0.05) is 29.8 Å². The van der Waals surface area contributed by atoms with Crippen LogP contribution in [0.1, 0.15) is 21.7 Å². The van der Waals surface area contributed by atoms with Gasteiger partial charge in [-0.3, -0.25) is 4.79 Å². The van der Waals surface area contributed by atoms with Crippen LogP contribution >= 0.6 is 11.6 Å². The Morgan fingerprint density at radius 3 is 2.65 bits per heavy atom. The Labute approximate surface area is 119 Å². The molecule has 0 saturated carbocycles. The van der Waals surface area contributed by atoms with Gasteiger partial charge in [0.05, 0.1) is 5.02 Å². The molecule has 0 aliphatic carbocycles. The van der Waals surface area contributed by atoms with Crippen LogP contribution in [0.2, 0.25) is 5.02 Å². The molecule has 0 bridgehead atoms. The van der Waals surface area contributed by atoms with Crippen molar-refractivity contribution in [1.29, 1.82) is 0 Å². The van der Waals surface area contributed by atoms with Gasteiger partial charge in [0, 0.05) is 16.5 Å². The summed E-state index contributed by atoms with van der Waals surface area (Å²) in [6, 6.07) is 11.1. The lowest BCUT2D eigenvalue weighted by molar-refractivity contribution is 0.101. The van der Waals surface area contributed by atoms with Gasteiger partial charge in [-0.05, 0) is 31.2 Å². The number of furan rings is 1. The van der Waals surface area contributed by atoms with Gasteiger partial charge < -0.3 is 4.42 Å². The number of halogens is 2. The van der Waals surface area contributed by atoms with Crippen LogP contribution < -0.4 is 0 Å². The van der Waals surface area contributed by atoms with Crippen molar-refractivity contribution in [1.82, 2.24) is 0 Å². The monoisotopic (exact) mass is 288 g/mol. The quantitative estimate of drug-likeness (QED) is 0.636. The smallest absolute Gasteiger partial charge is 0.230 e. The third-order valence-corrected chi connectivity index (χ3v) is 3.54. The van der Waals surface area contributed by atoms with E-state index in [1.54, 1.807) is 6.07 Å². The second-order valence-corrected chi connectivity index (χ2v) is 4.91. The molecule has 2 nitrogen and oxygen atoms in total. The number of hydrogen-bond donors (Lipinski definition) is 0. The first-order chi connectivity index (χ1) is 9.58. The number of benzene rings is 2. The van der Waals surface area contributed by atoms with Gasteiger partial charge in [-0.2, -0.15) is 0 Å². The topological polar surface area (TPSA) is 30.2 Å². The minimum absolute atomic E-state index is 0.0786. The molecular weight excluding hydrogens is 279 g/mol. The summed E-state index contributed by atoms with van der Waals surface area (Å²) in [5.74, 6) is -0.587. The van der Waals surface area contributed by atoms with Crippen LogP contribution in [-0.4, -0.2) is 5.78 Å². The molecule has 1 aromatic heterocycles. The molecule has 20 heavy (non-hydrogen) atoms. The molecule has 0 amide bonds. The van der Waals surface area contributed by atoms with E-state index in [9.17, 15) is 9.18 Å². The number of rotatable bonds is 2. The summed E-state index contributed by atoms with van der Waals surface area (Å²) in [4.78, 5) is 12.5. The number of aryl methyl sites for hydroxylation is 1. The van der Waals surface area contributed by atoms with Crippen LogP contribution in [0, 0.1) is 12.7 Å². The van der Waals surface area contributed by atoms with E-state index in [2.05, 4.69) is 0 Å². The number of ketones is 1. The first-order valence-electron chi connectivity index (χ1n) is 6.06. The van der Waals surface area contributed by atoms with E-state index in [-0.39, 0.29) is 22.1 Å². The molecule has 1 heterocycles. The van der Waals surface area contributed by atoms with Gasteiger partial charge in [0.15, 0.2) is 5.76 Å². The summed E-state index contributed by atoms with van der Waals surface area (Å²) in [5.41, 5.74) is 1.63. The fraction of sp³-hybridized carbons (Fsp3) is 0.0625. The highest BCUT2D eigenvalue weighted by Gasteiger charge is 2.21. The van der Waals surface area contributed by atoms with Gasteiger partial charge in [0.2, 0.25) is 5.78 Å². The Kier molecular flexibility index (Phi) is 3.07. The zero-order valence-corrected chi connectivity index (χ0v) is 11.4. The third kappa shape index (κ3) is 2.00. The highest BCUT2D eigenvalue weighted by Crippen LogP contribution is 2.28. The number of carbonyl (C=O) groups excluding carboxylic acids is 1. The maximum atomic E-state index is 13.0. The van der Waals surface area contributed by atoms with Crippen molar-refractivity contribution < 1.29 is 13.6 Å². The second-order valence-electron chi connectivity index (χ2n) is 4.51. The Balaban J connectivity index is 2.15. The predicted octanol–water partition coefficient (Wildman–Crippen LogP) is 4.76. The van der Waals surface area contributed by atoms with E-state index in [4.69, 9.17) is 16.0 Å². The SMILES string of the molecule is Cc1c(C(=O)c2ccc(F)cc2Cl)oc2ccccc12. The molecule has 4 heteroatoms. The number of fused-ring (bicyclic) bond motifs is 1. The maximum Gasteiger partial charge on any atom is 0.230 e. The molecule has 3 aromatic rings. The third-order valence-electron chi connectivity index (χ3n) is 3.23. The summed E-state index contributed by atoms with van der Waals surface area (Å²) in [6.45, 7) is 1.82. The Morgan fingerprint density at radius 1 is 1.20 bits per heavy atom. The average Bonchev–Trinajstić information content (AvgIpc) is 2.76. The van der Waals surface area contributed by atoms with Crippen LogP contribution in [0.3, 0.4) is 0 Å². The van der Waals surface area contributed by atoms with E-state index in [0.717, 1.165) is 17.0 Å². The Hall–Kier alpha value is -2.13. The van der Waals surface area contributed by atoms with Crippen molar-refractivity contribution in [3.63, 3.8) is 0 Å². The lowest BCUT2D eigenvalue weighted by Crippen LogP contribution is -2.02. The molecule has 0 unspecified atom stereocenters. The van der Waals surface area contributed by atoms with Crippen LogP contribution in [0.25, 0.3) is 11.0 Å². The molecule has 0 spiro atoms. The van der Waals surface area contributed by atoms with Crippen LogP contribution in [0.4, 0.5) is 4.39 Å². The largest absolute Gasteiger partial charge is 0.452 e. The first kappa shape index (κ1) is 12.9. The summed E-state index contributed by atoms with van der Waals surface area (Å²) < 4.78 is 18.6. The molecule has 0 aliphatic rings. The van der Waals surface area contributed by atoms with Crippen LogP contribution in [0.15, 0.2) is 46.9 Å². The molecule has 0 atom stereocenters. The molecule has 100 valence electrons. The van der Waals surface area contributed by atoms with Gasteiger partial charge in [-0.15, -0.1) is 0 Å². The average molecular weight is 289 g/mol. The predicted molar refractivity (Wildman–Crippen MR) is 75.8 cm³/mol. The van der Waals surface area contributed by atoms with Crippen molar-refractivity contribution in [3.8, 4) is 0 Å². The Bertz CT molecular complexity index is 820. The lowest BCUT2D eigenvalue weighted by Gasteiger charge is -2.02. The standard InChI is InChI=1S/C16H10ClFO2/c1-9-11-4-2-3-5-14(11)20-16(9)15(19)12-7-6-10(18)8-13(12)17/h2-8H,1H3. The van der Waals surface area contributed by atoms with Gasteiger partial charge in [0.1, 0.15) is 11.4 Å². The Morgan fingerprint density at radius 2 is 1.95 bits per heavy atom. The molecule has 0 aliphatic heterocycles. The van der Waals surface area contributed by atoms with E-state index < -0.39 is 5.82 Å². The molecule has 0 saturated heterocycles. The summed E-state index contributed by atoms with van der Waals surface area (Å²) in [7, 11) is 0. The minimum Gasteiger partial charge on any atom is -0.452 e. The minimum atomic E-state index is -0.479. The van der Waals surface area contributed by atoms with Gasteiger partial charge in [0.25, 0.3) is 0 Å². The van der Waals surface area contributed by atoms with Crippen LogP contribution in [0.5, 0.6) is 0 Å². The zero-order chi connectivity index (χ0) is 14.3. The number of carbonyl (C=O) groups is 1. The van der Waals surface area contributed by atoms with E-state index in [1.807, 2.05) is 25.1 Å². The molecule has 2 aromatic carbocycles. The second kappa shape index (κ2) is 4.76. The van der Waals surface area contributed by atoms with Crippen molar-refractivity contribution in [3.05, 3.63) is 70.2 Å². The molecule has 0 fully saturated rings. The fourth-order valence-corrected chi connectivity index (χ4v) is 2.44.